The van der Waals surface area contributed by atoms with Crippen molar-refractivity contribution < 1.29 is 28.9 Å². The number of hydrogen-bond acceptors (Lipinski definition) is 6. The SMILES string of the molecule is CC(=O)Oc1c(C)c(C)c2c(c1C)CCC(C)(COc1ccc(NC(=O)c3cc(C(C)(C)C)c(O)c(C(C)(C)C)c3)cc1)O2. The van der Waals surface area contributed by atoms with E-state index >= 15 is 0 Å². The Bertz CT molecular complexity index is 1560. The van der Waals surface area contributed by atoms with Crippen molar-refractivity contribution in [3.63, 3.8) is 0 Å². The summed E-state index contributed by atoms with van der Waals surface area (Å²) < 4.78 is 18.2. The molecule has 0 saturated carbocycles. The molecule has 0 saturated heterocycles. The highest BCUT2D eigenvalue weighted by Crippen LogP contribution is 2.44. The van der Waals surface area contributed by atoms with E-state index in [-0.39, 0.29) is 28.5 Å². The number of nitrogens with one attached hydrogen (secondary N) is 1. The molecular formula is C37H47NO6. The van der Waals surface area contributed by atoms with Gasteiger partial charge in [0.2, 0.25) is 0 Å². The fraction of sp³-hybridized carbons (Fsp3) is 0.459. The number of fused-ring (bicyclic) bond motifs is 1. The maximum atomic E-state index is 13.3. The Morgan fingerprint density at radius 3 is 2.02 bits per heavy atom. The van der Waals surface area contributed by atoms with Crippen LogP contribution < -0.4 is 19.5 Å². The third-order valence-electron chi connectivity index (χ3n) is 8.45. The number of amides is 1. The number of phenols is 1. The van der Waals surface area contributed by atoms with Gasteiger partial charge in [0.05, 0.1) is 0 Å². The molecule has 4 rings (SSSR count). The number of phenolic OH excluding ortho intramolecular Hbond substituents is 1. The summed E-state index contributed by atoms with van der Waals surface area (Å²) in [7, 11) is 0. The zero-order chi connectivity index (χ0) is 32.8. The lowest BCUT2D eigenvalue weighted by atomic mass is 9.78. The first-order valence-corrected chi connectivity index (χ1v) is 15.2. The van der Waals surface area contributed by atoms with E-state index in [0.29, 0.717) is 29.4 Å². The van der Waals surface area contributed by atoms with Crippen molar-refractivity contribution in [1.29, 1.82) is 0 Å². The van der Waals surface area contributed by atoms with Gasteiger partial charge in [-0.25, -0.2) is 0 Å². The van der Waals surface area contributed by atoms with Crippen molar-refractivity contribution in [2.75, 3.05) is 11.9 Å². The summed E-state index contributed by atoms with van der Waals surface area (Å²) in [6.07, 6.45) is 1.53. The van der Waals surface area contributed by atoms with E-state index in [1.54, 1.807) is 12.1 Å². The number of rotatable bonds is 6. The quantitative estimate of drug-likeness (QED) is 0.218. The molecule has 0 radical (unpaired) electrons. The fourth-order valence-electron chi connectivity index (χ4n) is 5.66. The van der Waals surface area contributed by atoms with Crippen LogP contribution >= 0.6 is 0 Å². The lowest BCUT2D eigenvalue weighted by molar-refractivity contribution is -0.132. The molecule has 7 heteroatoms. The summed E-state index contributed by atoms with van der Waals surface area (Å²) in [6.45, 7) is 21.9. The minimum atomic E-state index is -0.541. The second-order valence-electron chi connectivity index (χ2n) is 14.3. The van der Waals surface area contributed by atoms with Crippen LogP contribution in [0.5, 0.6) is 23.0 Å². The molecule has 0 aliphatic carbocycles. The van der Waals surface area contributed by atoms with E-state index < -0.39 is 5.60 Å². The minimum absolute atomic E-state index is 0.241. The summed E-state index contributed by atoms with van der Waals surface area (Å²) in [6, 6.07) is 10.9. The monoisotopic (exact) mass is 601 g/mol. The normalized spacial score (nSPS) is 16.5. The van der Waals surface area contributed by atoms with Crippen molar-refractivity contribution in [3.05, 3.63) is 75.3 Å². The molecule has 1 heterocycles. The summed E-state index contributed by atoms with van der Waals surface area (Å²) in [5, 5.41) is 14.0. The third-order valence-corrected chi connectivity index (χ3v) is 8.45. The molecular weight excluding hydrogens is 554 g/mol. The molecule has 44 heavy (non-hydrogen) atoms. The van der Waals surface area contributed by atoms with Crippen LogP contribution in [0.1, 0.15) is 106 Å². The molecule has 2 N–H and O–H groups in total. The van der Waals surface area contributed by atoms with Gasteiger partial charge in [-0.1, -0.05) is 41.5 Å². The Morgan fingerprint density at radius 1 is 0.932 bits per heavy atom. The van der Waals surface area contributed by atoms with Gasteiger partial charge < -0.3 is 24.6 Å². The second kappa shape index (κ2) is 11.8. The first-order valence-electron chi connectivity index (χ1n) is 15.2. The van der Waals surface area contributed by atoms with Gasteiger partial charge >= 0.3 is 5.97 Å². The molecule has 236 valence electrons. The number of esters is 1. The molecule has 3 aromatic carbocycles. The van der Waals surface area contributed by atoms with Crippen molar-refractivity contribution in [2.24, 2.45) is 0 Å². The summed E-state index contributed by atoms with van der Waals surface area (Å²) in [5.41, 5.74) is 5.30. The molecule has 1 aliphatic heterocycles. The zero-order valence-corrected chi connectivity index (χ0v) is 28.1. The van der Waals surface area contributed by atoms with Gasteiger partial charge in [-0.15, -0.1) is 0 Å². The Kier molecular flexibility index (Phi) is 8.85. The summed E-state index contributed by atoms with van der Waals surface area (Å²) in [4.78, 5) is 25.0. The van der Waals surface area contributed by atoms with Gasteiger partial charge in [0.25, 0.3) is 5.91 Å². The average molecular weight is 602 g/mol. The fourth-order valence-corrected chi connectivity index (χ4v) is 5.66. The number of aromatic hydroxyl groups is 1. The van der Waals surface area contributed by atoms with Crippen LogP contribution in [0.4, 0.5) is 5.69 Å². The zero-order valence-electron chi connectivity index (χ0n) is 28.1. The number of carbonyl (C=O) groups is 2. The molecule has 3 aromatic rings. The number of ether oxygens (including phenoxy) is 3. The van der Waals surface area contributed by atoms with Crippen LogP contribution in [-0.2, 0) is 22.0 Å². The maximum Gasteiger partial charge on any atom is 0.308 e. The standard InChI is InChI=1S/C37H47NO6/c1-21-22(2)33-28(23(3)32(21)43-24(4)39)16-17-37(11,44-33)20-42-27-14-12-26(13-15-27)38-34(41)25-18-29(35(5,6)7)31(40)30(19-25)36(8,9)10/h12-15,18-19,40H,16-17,20H2,1-11H3,(H,38,41). The van der Waals surface area contributed by atoms with Gasteiger partial charge in [-0.3, -0.25) is 9.59 Å². The highest BCUT2D eigenvalue weighted by molar-refractivity contribution is 6.04. The second-order valence-corrected chi connectivity index (χ2v) is 14.3. The molecule has 7 nitrogen and oxygen atoms in total. The number of carbonyl (C=O) groups excluding carboxylic acids is 2. The molecule has 1 unspecified atom stereocenters. The molecule has 0 bridgehead atoms. The van der Waals surface area contributed by atoms with Gasteiger partial charge in [0, 0.05) is 34.9 Å². The van der Waals surface area contributed by atoms with Crippen molar-refractivity contribution in [1.82, 2.24) is 0 Å². The van der Waals surface area contributed by atoms with Gasteiger partial charge in [-0.2, -0.15) is 0 Å². The average Bonchev–Trinajstić information content (AvgIpc) is 2.92. The largest absolute Gasteiger partial charge is 0.507 e. The molecule has 0 fully saturated rings. The Balaban J connectivity index is 1.46. The van der Waals surface area contributed by atoms with Crippen LogP contribution in [0.2, 0.25) is 0 Å². The Hall–Kier alpha value is -4.00. The van der Waals surface area contributed by atoms with Crippen LogP contribution in [0.3, 0.4) is 0 Å². The lowest BCUT2D eigenvalue weighted by Crippen LogP contribution is -2.42. The van der Waals surface area contributed by atoms with Gasteiger partial charge in [0.1, 0.15) is 35.2 Å². The first kappa shape index (κ1) is 32.9. The van der Waals surface area contributed by atoms with Crippen molar-refractivity contribution in [3.8, 4) is 23.0 Å². The van der Waals surface area contributed by atoms with Crippen LogP contribution in [0, 0.1) is 20.8 Å². The van der Waals surface area contributed by atoms with Crippen LogP contribution in [-0.4, -0.2) is 29.2 Å². The van der Waals surface area contributed by atoms with Crippen LogP contribution in [0.15, 0.2) is 36.4 Å². The van der Waals surface area contributed by atoms with Crippen molar-refractivity contribution in [2.45, 2.75) is 105 Å². The molecule has 1 atom stereocenters. The minimum Gasteiger partial charge on any atom is -0.507 e. The number of hydrogen-bond donors (Lipinski definition) is 2. The Labute approximate surface area is 261 Å². The third kappa shape index (κ3) is 6.87. The first-order chi connectivity index (χ1) is 20.3. The van der Waals surface area contributed by atoms with E-state index in [1.165, 1.54) is 6.92 Å². The van der Waals surface area contributed by atoms with Crippen LogP contribution in [0.25, 0.3) is 0 Å². The molecule has 1 amide bonds. The van der Waals surface area contributed by atoms with E-state index in [0.717, 1.165) is 52.0 Å². The topological polar surface area (TPSA) is 94.1 Å². The van der Waals surface area contributed by atoms with E-state index in [9.17, 15) is 14.7 Å². The predicted molar refractivity (Wildman–Crippen MR) is 175 cm³/mol. The molecule has 0 aromatic heterocycles. The highest BCUT2D eigenvalue weighted by atomic mass is 16.5. The van der Waals surface area contributed by atoms with Gasteiger partial charge in [0.15, 0.2) is 0 Å². The molecule has 1 aliphatic rings. The van der Waals surface area contributed by atoms with Gasteiger partial charge in [-0.05, 0) is 104 Å². The maximum absolute atomic E-state index is 13.3. The highest BCUT2D eigenvalue weighted by Gasteiger charge is 2.36. The summed E-state index contributed by atoms with van der Waals surface area (Å²) >= 11 is 0. The smallest absolute Gasteiger partial charge is 0.308 e. The van der Waals surface area contributed by atoms with Crippen molar-refractivity contribution >= 4 is 17.6 Å². The number of benzene rings is 3. The lowest BCUT2D eigenvalue weighted by Gasteiger charge is -2.37. The van der Waals surface area contributed by atoms with E-state index in [4.69, 9.17) is 14.2 Å². The summed E-state index contributed by atoms with van der Waals surface area (Å²) in [5.74, 6) is 1.80. The van der Waals surface area contributed by atoms with E-state index in [2.05, 4.69) is 5.32 Å². The predicted octanol–water partition coefficient (Wildman–Crippen LogP) is 8.25. The van der Waals surface area contributed by atoms with E-state index in [1.807, 2.05) is 93.5 Å². The number of anilines is 1. The molecule has 0 spiro atoms. The Morgan fingerprint density at radius 2 is 1.50 bits per heavy atom.